The van der Waals surface area contributed by atoms with Crippen molar-refractivity contribution in [1.82, 2.24) is 14.5 Å². The maximum absolute atomic E-state index is 12.9. The van der Waals surface area contributed by atoms with Crippen molar-refractivity contribution in [3.05, 3.63) is 46.1 Å². The van der Waals surface area contributed by atoms with Gasteiger partial charge in [0, 0.05) is 7.05 Å². The predicted octanol–water partition coefficient (Wildman–Crippen LogP) is 3.71. The van der Waals surface area contributed by atoms with Gasteiger partial charge in [-0.05, 0) is 36.8 Å². The van der Waals surface area contributed by atoms with Crippen molar-refractivity contribution in [3.63, 3.8) is 0 Å². The zero-order chi connectivity index (χ0) is 18.5. The number of rotatable bonds is 2. The number of hydrogen-bond acceptors (Lipinski definition) is 3. The third-order valence-electron chi connectivity index (χ3n) is 3.81. The van der Waals surface area contributed by atoms with E-state index < -0.39 is 17.6 Å². The van der Waals surface area contributed by atoms with Crippen molar-refractivity contribution in [2.45, 2.75) is 13.1 Å². The zero-order valence-electron chi connectivity index (χ0n) is 13.1. The van der Waals surface area contributed by atoms with Crippen LogP contribution in [0.2, 0.25) is 5.02 Å². The molecule has 5 nitrogen and oxygen atoms in total. The molecule has 0 fully saturated rings. The number of carbonyl (C=O) groups excluding carboxylic acids is 1. The molecule has 0 radical (unpaired) electrons. The number of pyridine rings is 1. The van der Waals surface area contributed by atoms with Crippen LogP contribution in [0.1, 0.15) is 21.6 Å². The first-order chi connectivity index (χ1) is 11.6. The molecule has 2 aromatic heterocycles. The van der Waals surface area contributed by atoms with Gasteiger partial charge in [-0.15, -0.1) is 0 Å². The Morgan fingerprint density at radius 3 is 2.52 bits per heavy atom. The largest absolute Gasteiger partial charge is 0.416 e. The van der Waals surface area contributed by atoms with Gasteiger partial charge < -0.3 is 10.3 Å². The molecule has 0 bridgehead atoms. The summed E-state index contributed by atoms with van der Waals surface area (Å²) in [4.78, 5) is 19.8. The molecule has 3 rings (SSSR count). The van der Waals surface area contributed by atoms with Gasteiger partial charge in [-0.25, -0.2) is 9.97 Å². The Kier molecular flexibility index (Phi) is 3.95. The first-order valence-corrected chi connectivity index (χ1v) is 7.48. The number of imidazole rings is 1. The van der Waals surface area contributed by atoms with Crippen LogP contribution in [0.15, 0.2) is 24.3 Å². The van der Waals surface area contributed by atoms with Gasteiger partial charge in [0.15, 0.2) is 5.82 Å². The molecule has 0 saturated heterocycles. The summed E-state index contributed by atoms with van der Waals surface area (Å²) >= 11 is 6.26. The number of nitrogens with zero attached hydrogens (tertiary/aromatic N) is 3. The minimum atomic E-state index is -4.47. The molecule has 1 aromatic carbocycles. The molecule has 0 spiro atoms. The lowest BCUT2D eigenvalue weighted by Gasteiger charge is -2.08. The quantitative estimate of drug-likeness (QED) is 0.749. The number of primary amides is 1. The maximum Gasteiger partial charge on any atom is 0.416 e. The van der Waals surface area contributed by atoms with Crippen molar-refractivity contribution in [3.8, 4) is 11.5 Å². The van der Waals surface area contributed by atoms with E-state index in [1.807, 2.05) is 0 Å². The lowest BCUT2D eigenvalue weighted by atomic mass is 10.2. The normalized spacial score (nSPS) is 11.9. The van der Waals surface area contributed by atoms with Crippen LogP contribution in [-0.2, 0) is 13.2 Å². The Morgan fingerprint density at radius 2 is 1.92 bits per heavy atom. The van der Waals surface area contributed by atoms with Crippen molar-refractivity contribution in [1.29, 1.82) is 0 Å². The lowest BCUT2D eigenvalue weighted by molar-refractivity contribution is -0.137. The van der Waals surface area contributed by atoms with E-state index in [9.17, 15) is 18.0 Å². The van der Waals surface area contributed by atoms with Crippen molar-refractivity contribution in [2.24, 2.45) is 12.8 Å². The van der Waals surface area contributed by atoms with E-state index in [1.165, 1.54) is 12.1 Å². The number of aromatic nitrogens is 3. The van der Waals surface area contributed by atoms with Crippen molar-refractivity contribution in [2.75, 3.05) is 0 Å². The molecule has 3 aromatic rings. The number of alkyl halides is 3. The van der Waals surface area contributed by atoms with E-state index in [-0.39, 0.29) is 27.8 Å². The smallest absolute Gasteiger partial charge is 0.364 e. The molecule has 0 atom stereocenters. The molecule has 2 N–H and O–H groups in total. The predicted molar refractivity (Wildman–Crippen MR) is 87.2 cm³/mol. The molecule has 2 heterocycles. The second-order valence-electron chi connectivity index (χ2n) is 5.55. The molecule has 0 unspecified atom stereocenters. The molecule has 9 heteroatoms. The molecule has 0 aliphatic heterocycles. The number of benzene rings is 1. The molecule has 0 saturated carbocycles. The molecule has 0 aliphatic carbocycles. The Hall–Kier alpha value is -2.61. The first-order valence-electron chi connectivity index (χ1n) is 7.10. The molecule has 130 valence electrons. The molecular formula is C16H12ClF3N4O. The van der Waals surface area contributed by atoms with Crippen LogP contribution in [-0.4, -0.2) is 20.4 Å². The second kappa shape index (κ2) is 5.73. The van der Waals surface area contributed by atoms with Gasteiger partial charge in [0.1, 0.15) is 11.4 Å². The highest BCUT2D eigenvalue weighted by molar-refractivity contribution is 6.33. The van der Waals surface area contributed by atoms with Gasteiger partial charge >= 0.3 is 6.18 Å². The van der Waals surface area contributed by atoms with Crippen LogP contribution in [0.4, 0.5) is 13.2 Å². The standard InChI is InChI=1S/C16H12ClF3N4O/c1-7-5-10(14(21)25)22-13(12(7)17)15-23-9-6-8(16(18,19)20)3-4-11(9)24(15)2/h3-6H,1-2H3,(H2,21,25). The Labute approximate surface area is 145 Å². The third-order valence-corrected chi connectivity index (χ3v) is 4.29. The van der Waals surface area contributed by atoms with E-state index in [0.717, 1.165) is 12.1 Å². The van der Waals surface area contributed by atoms with Gasteiger partial charge in [0.2, 0.25) is 0 Å². The van der Waals surface area contributed by atoms with Gasteiger partial charge in [-0.2, -0.15) is 13.2 Å². The SMILES string of the molecule is Cc1cc(C(N)=O)nc(-c2nc3cc(C(F)(F)F)ccc3n2C)c1Cl. The van der Waals surface area contributed by atoms with Gasteiger partial charge in [-0.1, -0.05) is 11.6 Å². The summed E-state index contributed by atoms with van der Waals surface area (Å²) < 4.78 is 40.2. The van der Waals surface area contributed by atoms with E-state index >= 15 is 0 Å². The van der Waals surface area contributed by atoms with Crippen LogP contribution in [0.3, 0.4) is 0 Å². The number of nitrogens with two attached hydrogens (primary N) is 1. The number of fused-ring (bicyclic) bond motifs is 1. The maximum atomic E-state index is 12.9. The number of hydrogen-bond donors (Lipinski definition) is 1. The fourth-order valence-corrected chi connectivity index (χ4v) is 2.70. The van der Waals surface area contributed by atoms with Crippen LogP contribution in [0.5, 0.6) is 0 Å². The van der Waals surface area contributed by atoms with E-state index in [0.29, 0.717) is 11.1 Å². The molecular weight excluding hydrogens is 357 g/mol. The summed E-state index contributed by atoms with van der Waals surface area (Å²) in [6, 6.07) is 4.71. The van der Waals surface area contributed by atoms with E-state index in [2.05, 4.69) is 9.97 Å². The van der Waals surface area contributed by atoms with Crippen molar-refractivity contribution < 1.29 is 18.0 Å². The Morgan fingerprint density at radius 1 is 1.24 bits per heavy atom. The highest BCUT2D eigenvalue weighted by Crippen LogP contribution is 2.34. The Balaban J connectivity index is 2.26. The molecule has 1 amide bonds. The van der Waals surface area contributed by atoms with Crippen LogP contribution in [0.25, 0.3) is 22.6 Å². The topological polar surface area (TPSA) is 73.8 Å². The fourth-order valence-electron chi connectivity index (χ4n) is 2.52. The van der Waals surface area contributed by atoms with E-state index in [4.69, 9.17) is 17.3 Å². The summed E-state index contributed by atoms with van der Waals surface area (Å²) in [5.41, 5.74) is 5.83. The number of carbonyl (C=O) groups is 1. The summed E-state index contributed by atoms with van der Waals surface area (Å²) in [5.74, 6) is -0.496. The fraction of sp³-hybridized carbons (Fsp3) is 0.188. The minimum Gasteiger partial charge on any atom is -0.364 e. The summed E-state index contributed by atoms with van der Waals surface area (Å²) in [6.07, 6.45) is -4.47. The number of halogens is 4. The van der Waals surface area contributed by atoms with Crippen molar-refractivity contribution >= 4 is 28.5 Å². The first kappa shape index (κ1) is 17.2. The monoisotopic (exact) mass is 368 g/mol. The third kappa shape index (κ3) is 2.93. The summed E-state index contributed by atoms with van der Waals surface area (Å²) in [7, 11) is 1.63. The molecule has 0 aliphatic rings. The van der Waals surface area contributed by atoms with E-state index in [1.54, 1.807) is 18.5 Å². The Bertz CT molecular complexity index is 1010. The minimum absolute atomic E-state index is 0.0000586. The van der Waals surface area contributed by atoms with Crippen LogP contribution in [0, 0.1) is 6.92 Å². The average molecular weight is 369 g/mol. The highest BCUT2D eigenvalue weighted by atomic mass is 35.5. The zero-order valence-corrected chi connectivity index (χ0v) is 13.9. The lowest BCUT2D eigenvalue weighted by Crippen LogP contribution is -2.14. The highest BCUT2D eigenvalue weighted by Gasteiger charge is 2.31. The summed E-state index contributed by atoms with van der Waals surface area (Å²) in [6.45, 7) is 1.67. The number of amides is 1. The molecule has 25 heavy (non-hydrogen) atoms. The second-order valence-corrected chi connectivity index (χ2v) is 5.92. The summed E-state index contributed by atoms with van der Waals surface area (Å²) in [5, 5.41) is 0.249. The van der Waals surface area contributed by atoms with Gasteiger partial charge in [0.05, 0.1) is 21.6 Å². The van der Waals surface area contributed by atoms with Crippen LogP contribution >= 0.6 is 11.6 Å². The van der Waals surface area contributed by atoms with Crippen LogP contribution < -0.4 is 5.73 Å². The average Bonchev–Trinajstić information content (AvgIpc) is 2.85. The van der Waals surface area contributed by atoms with Gasteiger partial charge in [0.25, 0.3) is 5.91 Å². The number of aryl methyl sites for hydroxylation is 2. The van der Waals surface area contributed by atoms with Gasteiger partial charge in [-0.3, -0.25) is 4.79 Å².